The first-order valence-corrected chi connectivity index (χ1v) is 10.2. The van der Waals surface area contributed by atoms with Gasteiger partial charge in [-0.05, 0) is 50.9 Å². The van der Waals surface area contributed by atoms with E-state index >= 15 is 0 Å². The van der Waals surface area contributed by atoms with Gasteiger partial charge < -0.3 is 25.1 Å². The van der Waals surface area contributed by atoms with Crippen molar-refractivity contribution in [3.8, 4) is 0 Å². The van der Waals surface area contributed by atoms with Crippen molar-refractivity contribution in [1.82, 2.24) is 5.32 Å². The number of rotatable bonds is 6. The number of carbonyl (C=O) groups is 1. The summed E-state index contributed by atoms with van der Waals surface area (Å²) >= 11 is 0. The van der Waals surface area contributed by atoms with Crippen molar-refractivity contribution in [3.05, 3.63) is 70.7 Å². The van der Waals surface area contributed by atoms with Gasteiger partial charge in [0.05, 0.1) is 11.2 Å². The zero-order valence-electron chi connectivity index (χ0n) is 18.6. The molecular weight excluding hydrogens is 417 g/mol. The third-order valence-corrected chi connectivity index (χ3v) is 5.64. The molecule has 170 valence electrons. The molecule has 9 heteroatoms. The van der Waals surface area contributed by atoms with Crippen LogP contribution in [0.4, 0.5) is 19.3 Å². The Bertz CT molecular complexity index is 973. The van der Waals surface area contributed by atoms with Crippen LogP contribution in [0.25, 0.3) is 6.08 Å². The minimum Gasteiger partial charge on any atom is -0.445 e. The van der Waals surface area contributed by atoms with Gasteiger partial charge in [-0.15, -0.1) is 0 Å². The van der Waals surface area contributed by atoms with E-state index in [0.717, 1.165) is 17.7 Å². The fourth-order valence-electron chi connectivity index (χ4n) is 3.07. The van der Waals surface area contributed by atoms with Crippen LogP contribution in [0.2, 0.25) is 0 Å². The Morgan fingerprint density at radius 2 is 1.66 bits per heavy atom. The van der Waals surface area contributed by atoms with Crippen molar-refractivity contribution in [2.24, 2.45) is 0 Å². The highest BCUT2D eigenvalue weighted by Gasteiger charge is 2.52. The van der Waals surface area contributed by atoms with E-state index in [2.05, 4.69) is 5.32 Å². The molecule has 2 aromatic rings. The van der Waals surface area contributed by atoms with Crippen LogP contribution in [0.3, 0.4) is 0 Å². The van der Waals surface area contributed by atoms with E-state index in [1.165, 1.54) is 6.08 Å². The maximum absolute atomic E-state index is 14.4. The molecule has 0 atom stereocenters. The second kappa shape index (κ2) is 9.30. The number of hydrogen-bond donors (Lipinski definition) is 2. The van der Waals surface area contributed by atoms with Crippen LogP contribution in [0.5, 0.6) is 0 Å². The van der Waals surface area contributed by atoms with Crippen LogP contribution in [0.1, 0.15) is 38.8 Å². The summed E-state index contributed by atoms with van der Waals surface area (Å²) in [6.45, 7) is 7.41. The van der Waals surface area contributed by atoms with Gasteiger partial charge in [0.15, 0.2) is 0 Å². The summed E-state index contributed by atoms with van der Waals surface area (Å²) in [7, 11) is -0.925. The van der Waals surface area contributed by atoms with E-state index < -0.39 is 36.0 Å². The molecule has 0 spiro atoms. The van der Waals surface area contributed by atoms with Crippen molar-refractivity contribution in [1.29, 1.82) is 0 Å². The zero-order valence-corrected chi connectivity index (χ0v) is 18.6. The largest absolute Gasteiger partial charge is 0.492 e. The summed E-state index contributed by atoms with van der Waals surface area (Å²) in [6, 6.07) is 11.2. The summed E-state index contributed by atoms with van der Waals surface area (Å²) in [6.07, 6.45) is 0.582. The SMILES string of the molecule is CC1(C)OB(C(=Cc2c(F)cc(N)cc2F)CNC(=O)OCc2ccccc2)OC1(C)C. The molecule has 1 aliphatic heterocycles. The molecule has 3 rings (SSSR count). The number of alkyl carbamates (subject to hydrolysis) is 1. The van der Waals surface area contributed by atoms with Gasteiger partial charge >= 0.3 is 13.2 Å². The Hall–Kier alpha value is -2.91. The summed E-state index contributed by atoms with van der Waals surface area (Å²) in [5.41, 5.74) is 4.97. The number of nitrogen functional groups attached to an aromatic ring is 1. The number of carbonyl (C=O) groups excluding carboxylic acids is 1. The van der Waals surface area contributed by atoms with Crippen LogP contribution in [0.15, 0.2) is 47.9 Å². The first-order chi connectivity index (χ1) is 15.0. The number of ether oxygens (including phenoxy) is 1. The van der Waals surface area contributed by atoms with E-state index in [1.54, 1.807) is 0 Å². The standard InChI is InChI=1S/C23H27BF2N2O4/c1-22(2)23(3,4)32-24(31-22)16(10-18-19(25)11-17(27)12-20(18)26)13-28-21(29)30-14-15-8-6-5-7-9-15/h5-12H,13-14,27H2,1-4H3,(H,28,29). The monoisotopic (exact) mass is 444 g/mol. The molecule has 0 unspecified atom stereocenters. The molecule has 0 radical (unpaired) electrons. The summed E-state index contributed by atoms with van der Waals surface area (Å²) in [5.74, 6) is -1.66. The van der Waals surface area contributed by atoms with E-state index in [1.807, 2.05) is 58.0 Å². The molecule has 1 aliphatic rings. The Morgan fingerprint density at radius 3 is 2.22 bits per heavy atom. The molecule has 2 aromatic carbocycles. The fourth-order valence-corrected chi connectivity index (χ4v) is 3.07. The maximum Gasteiger partial charge on any atom is 0.492 e. The second-order valence-electron chi connectivity index (χ2n) is 8.62. The number of amides is 1. The Morgan fingerprint density at radius 1 is 1.09 bits per heavy atom. The van der Waals surface area contributed by atoms with E-state index in [9.17, 15) is 13.6 Å². The Balaban J connectivity index is 1.79. The number of hydrogen-bond acceptors (Lipinski definition) is 5. The first-order valence-electron chi connectivity index (χ1n) is 10.2. The zero-order chi connectivity index (χ0) is 23.5. The number of anilines is 1. The molecule has 1 saturated heterocycles. The molecule has 3 N–H and O–H groups in total. The number of nitrogens with one attached hydrogen (secondary N) is 1. The van der Waals surface area contributed by atoms with Crippen molar-refractivity contribution in [2.75, 3.05) is 12.3 Å². The third-order valence-electron chi connectivity index (χ3n) is 5.64. The quantitative estimate of drug-likeness (QED) is 0.507. The molecule has 1 amide bonds. The minimum absolute atomic E-state index is 0.0306. The number of nitrogens with two attached hydrogens (primary N) is 1. The highest BCUT2D eigenvalue weighted by Crippen LogP contribution is 2.39. The lowest BCUT2D eigenvalue weighted by Crippen LogP contribution is -2.41. The average molecular weight is 444 g/mol. The molecular formula is C23H27BF2N2O4. The second-order valence-corrected chi connectivity index (χ2v) is 8.62. The van der Waals surface area contributed by atoms with Crippen LogP contribution < -0.4 is 11.1 Å². The van der Waals surface area contributed by atoms with Crippen LogP contribution >= 0.6 is 0 Å². The average Bonchev–Trinajstić information content (AvgIpc) is 2.93. The topological polar surface area (TPSA) is 82.8 Å². The van der Waals surface area contributed by atoms with Gasteiger partial charge in [-0.3, -0.25) is 0 Å². The molecule has 0 saturated carbocycles. The highest BCUT2D eigenvalue weighted by molar-refractivity contribution is 6.56. The molecule has 1 heterocycles. The number of benzene rings is 2. The number of halogens is 2. The van der Waals surface area contributed by atoms with Gasteiger partial charge in [0, 0.05) is 17.8 Å². The van der Waals surface area contributed by atoms with Crippen molar-refractivity contribution >= 4 is 25.0 Å². The maximum atomic E-state index is 14.4. The minimum atomic E-state index is -0.925. The Labute approximate surface area is 186 Å². The third kappa shape index (κ3) is 5.47. The van der Waals surface area contributed by atoms with Gasteiger partial charge in [0.25, 0.3) is 0 Å². The molecule has 6 nitrogen and oxygen atoms in total. The normalized spacial score (nSPS) is 17.3. The van der Waals surface area contributed by atoms with Crippen molar-refractivity contribution in [2.45, 2.75) is 45.5 Å². The van der Waals surface area contributed by atoms with Crippen LogP contribution in [-0.4, -0.2) is 31.0 Å². The Kier molecular flexibility index (Phi) is 6.90. The van der Waals surface area contributed by atoms with Crippen LogP contribution in [-0.2, 0) is 20.7 Å². The smallest absolute Gasteiger partial charge is 0.445 e. The van der Waals surface area contributed by atoms with E-state index in [4.69, 9.17) is 19.8 Å². The van der Waals surface area contributed by atoms with Crippen molar-refractivity contribution < 1.29 is 27.6 Å². The van der Waals surface area contributed by atoms with Gasteiger partial charge in [-0.25, -0.2) is 13.6 Å². The van der Waals surface area contributed by atoms with E-state index in [0.29, 0.717) is 5.47 Å². The van der Waals surface area contributed by atoms with Gasteiger partial charge in [0.2, 0.25) is 0 Å². The summed E-state index contributed by atoms with van der Waals surface area (Å²) in [5, 5.41) is 2.60. The molecule has 0 bridgehead atoms. The van der Waals surface area contributed by atoms with Gasteiger partial charge in [0.1, 0.15) is 18.2 Å². The molecule has 0 aliphatic carbocycles. The summed E-state index contributed by atoms with van der Waals surface area (Å²) < 4.78 is 46.1. The first kappa shape index (κ1) is 23.8. The van der Waals surface area contributed by atoms with Crippen LogP contribution in [0, 0.1) is 11.6 Å². The van der Waals surface area contributed by atoms with Gasteiger partial charge in [-0.2, -0.15) is 0 Å². The van der Waals surface area contributed by atoms with E-state index in [-0.39, 0.29) is 24.4 Å². The lowest BCUT2D eigenvalue weighted by Gasteiger charge is -2.32. The molecule has 32 heavy (non-hydrogen) atoms. The predicted octanol–water partition coefficient (Wildman–Crippen LogP) is 4.49. The lowest BCUT2D eigenvalue weighted by molar-refractivity contribution is 0.00578. The predicted molar refractivity (Wildman–Crippen MR) is 119 cm³/mol. The fraction of sp³-hybridized carbons (Fsp3) is 0.348. The molecule has 0 aromatic heterocycles. The lowest BCUT2D eigenvalue weighted by atomic mass is 9.77. The van der Waals surface area contributed by atoms with Gasteiger partial charge in [-0.1, -0.05) is 36.4 Å². The highest BCUT2D eigenvalue weighted by atomic mass is 19.1. The van der Waals surface area contributed by atoms with Crippen molar-refractivity contribution in [3.63, 3.8) is 0 Å². The summed E-state index contributed by atoms with van der Waals surface area (Å²) in [4.78, 5) is 12.2. The molecule has 1 fully saturated rings.